The first-order valence-corrected chi connectivity index (χ1v) is 7.29. The van der Waals surface area contributed by atoms with Crippen LogP contribution in [0.3, 0.4) is 0 Å². The molecule has 0 radical (unpaired) electrons. The summed E-state index contributed by atoms with van der Waals surface area (Å²) in [5, 5.41) is 8.66. The zero-order valence-corrected chi connectivity index (χ0v) is 12.2. The van der Waals surface area contributed by atoms with E-state index in [1.54, 1.807) is 6.92 Å². The Hall–Kier alpha value is -0.860. The predicted molar refractivity (Wildman–Crippen MR) is 74.4 cm³/mol. The number of allylic oxidation sites excluding steroid dienone is 1. The summed E-state index contributed by atoms with van der Waals surface area (Å²) in [4.78, 5) is 11.4. The van der Waals surface area contributed by atoms with Gasteiger partial charge in [0.15, 0.2) is 0 Å². The number of carbonyl (C=O) groups is 1. The van der Waals surface area contributed by atoms with Gasteiger partial charge in [-0.15, -0.1) is 0 Å². The minimum atomic E-state index is -0.846. The molecule has 0 saturated heterocycles. The number of aliphatic hydroxyl groups excluding tert-OH is 1. The van der Waals surface area contributed by atoms with Gasteiger partial charge in [-0.2, -0.15) is 0 Å². The van der Waals surface area contributed by atoms with Crippen molar-refractivity contribution in [1.82, 2.24) is 0 Å². The topological polar surface area (TPSA) is 89.6 Å². The summed E-state index contributed by atoms with van der Waals surface area (Å²) < 4.78 is 15.4. The molecule has 0 aromatic heterocycles. The van der Waals surface area contributed by atoms with Crippen molar-refractivity contribution < 1.29 is 19.2 Å². The summed E-state index contributed by atoms with van der Waals surface area (Å²) in [5.74, 6) is -0.496. The molecule has 1 unspecified atom stereocenters. The van der Waals surface area contributed by atoms with Gasteiger partial charge < -0.3 is 0 Å². The summed E-state index contributed by atoms with van der Waals surface area (Å²) in [6, 6.07) is -0.846. The second kappa shape index (κ2) is 12.2. The molecule has 0 aromatic rings. The van der Waals surface area contributed by atoms with Crippen molar-refractivity contribution in [2.75, 3.05) is 13.2 Å². The Balaban J connectivity index is 4.32. The summed E-state index contributed by atoms with van der Waals surface area (Å²) >= 11 is 0. The van der Waals surface area contributed by atoms with Gasteiger partial charge >= 0.3 is 114 Å². The normalized spacial score (nSPS) is 12.7. The van der Waals surface area contributed by atoms with Gasteiger partial charge in [0.1, 0.15) is 0 Å². The summed E-state index contributed by atoms with van der Waals surface area (Å²) in [7, 11) is -0.221. The average Bonchev–Trinajstić information content (AvgIpc) is 2.38. The van der Waals surface area contributed by atoms with Gasteiger partial charge in [0.2, 0.25) is 0 Å². The number of ether oxygens (including phenoxy) is 1. The van der Waals surface area contributed by atoms with Crippen molar-refractivity contribution in [2.45, 2.75) is 45.1 Å². The number of nitrogens with two attached hydrogens (primary N) is 1. The molecule has 0 rings (SSSR count). The summed E-state index contributed by atoms with van der Waals surface area (Å²) in [6.07, 6.45) is 5.77. The monoisotopic (exact) mass is 287 g/mol. The van der Waals surface area contributed by atoms with Crippen molar-refractivity contribution in [3.05, 3.63) is 11.6 Å². The number of esters is 1. The molecule has 0 bridgehead atoms. The van der Waals surface area contributed by atoms with E-state index in [2.05, 4.69) is 5.63 Å². The van der Waals surface area contributed by atoms with Crippen LogP contribution in [0.5, 0.6) is 0 Å². The molecule has 0 heterocycles. The van der Waals surface area contributed by atoms with Crippen LogP contribution in [0.1, 0.15) is 39.0 Å². The molecule has 0 amide bonds. The third-order valence-electron chi connectivity index (χ3n) is 2.48. The first-order valence-electron chi connectivity index (χ1n) is 6.47. The average molecular weight is 287 g/mol. The van der Waals surface area contributed by atoms with Gasteiger partial charge in [0.05, 0.1) is 0 Å². The van der Waals surface area contributed by atoms with E-state index in [1.165, 1.54) is 6.08 Å². The zero-order chi connectivity index (χ0) is 14.5. The van der Waals surface area contributed by atoms with Crippen LogP contribution in [-0.2, 0) is 14.1 Å². The van der Waals surface area contributed by atoms with E-state index in [-0.39, 0.29) is 21.1 Å². The van der Waals surface area contributed by atoms with Crippen molar-refractivity contribution in [2.24, 2.45) is 5.73 Å². The van der Waals surface area contributed by atoms with Gasteiger partial charge in [-0.1, -0.05) is 0 Å². The van der Waals surface area contributed by atoms with Gasteiger partial charge in [0.25, 0.3) is 0 Å². The molecular weight excluding hydrogens is 265 g/mol. The van der Waals surface area contributed by atoms with E-state index in [0.717, 1.165) is 25.7 Å². The predicted octanol–water partition coefficient (Wildman–Crippen LogP) is 2.00. The third kappa shape index (κ3) is 9.69. The van der Waals surface area contributed by atoms with Crippen LogP contribution in [0.15, 0.2) is 11.6 Å². The van der Waals surface area contributed by atoms with E-state index >= 15 is 0 Å². The molecule has 0 aliphatic heterocycles. The number of unbranched alkanes of at least 4 members (excludes halogenated alkanes) is 3. The SMILES string of the molecule is CCOC(=O)C(N)C=C(C#P=O)CCCCCCO. The first-order chi connectivity index (χ1) is 9.15. The molecule has 5 nitrogen and oxygen atoms in total. The maximum absolute atomic E-state index is 11.4. The Morgan fingerprint density at radius 3 is 2.68 bits per heavy atom. The molecule has 6 heteroatoms. The van der Waals surface area contributed by atoms with Crippen molar-refractivity contribution in [3.63, 3.8) is 0 Å². The second-order valence-electron chi connectivity index (χ2n) is 4.06. The number of carbonyl (C=O) groups excluding carboxylic acids is 1. The van der Waals surface area contributed by atoms with Crippen molar-refractivity contribution >= 4 is 13.9 Å². The van der Waals surface area contributed by atoms with Crippen LogP contribution in [-0.4, -0.2) is 30.3 Å². The summed E-state index contributed by atoms with van der Waals surface area (Å²) in [6.45, 7) is 2.20. The molecule has 0 saturated carbocycles. The number of aliphatic hydroxyl groups is 1. The van der Waals surface area contributed by atoms with Crippen LogP contribution < -0.4 is 5.73 Å². The van der Waals surface area contributed by atoms with E-state index < -0.39 is 12.0 Å². The Morgan fingerprint density at radius 2 is 2.11 bits per heavy atom. The Labute approximate surface area is 115 Å². The Morgan fingerprint density at radius 1 is 1.42 bits per heavy atom. The van der Waals surface area contributed by atoms with E-state index in [1.807, 2.05) is 0 Å². The third-order valence-corrected chi connectivity index (χ3v) is 2.86. The Kier molecular flexibility index (Phi) is 11.6. The number of hydrogen-bond donors (Lipinski definition) is 2. The molecule has 108 valence electrons. The second-order valence-corrected chi connectivity index (χ2v) is 4.47. The fourth-order valence-corrected chi connectivity index (χ4v) is 1.84. The van der Waals surface area contributed by atoms with Gasteiger partial charge in [-0.3, -0.25) is 0 Å². The zero-order valence-electron chi connectivity index (χ0n) is 11.3. The molecule has 0 aromatic carbocycles. The number of rotatable bonds is 9. The fourth-order valence-electron chi connectivity index (χ4n) is 1.54. The van der Waals surface area contributed by atoms with E-state index in [4.69, 9.17) is 15.6 Å². The van der Waals surface area contributed by atoms with Gasteiger partial charge in [-0.25, -0.2) is 0 Å². The molecular formula is C13H22NO4P. The molecule has 0 fully saturated rings. The molecule has 0 spiro atoms. The maximum atomic E-state index is 11.4. The minimum absolute atomic E-state index is 0.202. The molecule has 1 atom stereocenters. The summed E-state index contributed by atoms with van der Waals surface area (Å²) in [5.41, 5.74) is 8.97. The van der Waals surface area contributed by atoms with Crippen LogP contribution in [0, 0.1) is 5.63 Å². The first kappa shape index (κ1) is 18.1. The molecule has 19 heavy (non-hydrogen) atoms. The van der Waals surface area contributed by atoms with Crippen LogP contribution >= 0.6 is 7.92 Å². The Bertz CT molecular complexity index is 388. The van der Waals surface area contributed by atoms with Crippen LogP contribution in [0.2, 0.25) is 0 Å². The van der Waals surface area contributed by atoms with E-state index in [0.29, 0.717) is 12.0 Å². The standard InChI is InChI=1S/C13H22NO4P/c1-2-18-13(16)12(14)9-11(10-19-17)7-5-3-4-6-8-15/h9,12,15H,2-8,14H2,1H3. The molecule has 3 N–H and O–H groups in total. The molecule has 0 aliphatic rings. The van der Waals surface area contributed by atoms with Gasteiger partial charge in [-0.05, 0) is 0 Å². The van der Waals surface area contributed by atoms with Crippen LogP contribution in [0.4, 0.5) is 0 Å². The number of hydrogen-bond acceptors (Lipinski definition) is 5. The van der Waals surface area contributed by atoms with Gasteiger partial charge in [0, 0.05) is 0 Å². The molecule has 0 aliphatic carbocycles. The van der Waals surface area contributed by atoms with Crippen LogP contribution in [0.25, 0.3) is 0 Å². The van der Waals surface area contributed by atoms with Crippen molar-refractivity contribution in [1.29, 1.82) is 0 Å². The fraction of sp³-hybridized carbons (Fsp3) is 0.692. The van der Waals surface area contributed by atoms with Crippen molar-refractivity contribution in [3.8, 4) is 5.63 Å². The quantitative estimate of drug-likeness (QED) is 0.384. The van der Waals surface area contributed by atoms with E-state index in [9.17, 15) is 9.36 Å².